The van der Waals surface area contributed by atoms with Crippen molar-refractivity contribution < 1.29 is 38.3 Å². The number of hydrogen-bond donors (Lipinski definition) is 3. The molecular formula is C32H38N4O6S+2. The van der Waals surface area contributed by atoms with Crippen molar-refractivity contribution in [1.82, 2.24) is 4.90 Å². The molecule has 4 fully saturated rings. The van der Waals surface area contributed by atoms with Crippen molar-refractivity contribution in [1.29, 1.82) is 0 Å². The molecule has 4 atom stereocenters. The number of benzene rings is 2. The Kier molecular flexibility index (Phi) is 6.59. The topological polar surface area (TPSA) is 130 Å². The molecule has 3 aromatic rings. The van der Waals surface area contributed by atoms with Crippen LogP contribution in [-0.2, 0) is 20.9 Å². The lowest BCUT2D eigenvalue weighted by Crippen LogP contribution is -2.75. The van der Waals surface area contributed by atoms with Gasteiger partial charge in [0.15, 0.2) is 6.54 Å². The van der Waals surface area contributed by atoms with Crippen LogP contribution >= 0.6 is 11.3 Å². The monoisotopic (exact) mass is 606 g/mol. The first-order valence-corrected chi connectivity index (χ1v) is 15.9. The number of fused-ring (bicyclic) bond motifs is 7. The van der Waals surface area contributed by atoms with Crippen LogP contribution in [0.25, 0.3) is 20.2 Å². The molecule has 2 aromatic carbocycles. The van der Waals surface area contributed by atoms with E-state index in [1.807, 2.05) is 19.1 Å². The van der Waals surface area contributed by atoms with Gasteiger partial charge in [-0.25, -0.2) is 4.79 Å². The van der Waals surface area contributed by atoms with Crippen molar-refractivity contribution >= 4 is 49.3 Å². The predicted octanol–water partition coefficient (Wildman–Crippen LogP) is 2.28. The fourth-order valence-electron chi connectivity index (χ4n) is 8.22. The molecule has 4 saturated heterocycles. The number of aliphatic hydroxyl groups excluding tert-OH is 1. The minimum absolute atomic E-state index is 0.0144. The number of piperazine rings is 3. The van der Waals surface area contributed by atoms with Crippen molar-refractivity contribution in [3.05, 3.63) is 53.2 Å². The van der Waals surface area contributed by atoms with E-state index in [4.69, 9.17) is 10.5 Å². The molecule has 2 amide bonds. The zero-order valence-electron chi connectivity index (χ0n) is 24.5. The molecule has 43 heavy (non-hydrogen) atoms. The van der Waals surface area contributed by atoms with Crippen LogP contribution in [0.15, 0.2) is 47.7 Å². The van der Waals surface area contributed by atoms with Crippen LogP contribution in [0.2, 0.25) is 0 Å². The lowest BCUT2D eigenvalue weighted by Gasteiger charge is -2.55. The summed E-state index contributed by atoms with van der Waals surface area (Å²) in [5.41, 5.74) is 7.44. The number of β-lactam (4-membered cyclic amide) rings is 1. The van der Waals surface area contributed by atoms with Gasteiger partial charge in [0.25, 0.3) is 5.91 Å². The van der Waals surface area contributed by atoms with E-state index < -0.39 is 18.0 Å². The van der Waals surface area contributed by atoms with Crippen molar-refractivity contribution in [2.24, 2.45) is 17.6 Å². The third-order valence-electron chi connectivity index (χ3n) is 10.6. The van der Waals surface area contributed by atoms with Crippen molar-refractivity contribution in [3.63, 3.8) is 0 Å². The Morgan fingerprint density at radius 3 is 2.42 bits per heavy atom. The number of rotatable bonds is 9. The molecule has 0 radical (unpaired) electrons. The zero-order chi connectivity index (χ0) is 30.3. The SMILES string of the molecule is CC(O)C1C(=O)N2C(C(=O)O)=C(COc3cccc4sc5c(C[N+]67CC[N+](CC(N)=O)(CC6)CC7)cccc5c34)[C@H](C)C12. The van der Waals surface area contributed by atoms with E-state index in [-0.39, 0.29) is 36.1 Å². The van der Waals surface area contributed by atoms with Crippen LogP contribution in [0.3, 0.4) is 0 Å². The van der Waals surface area contributed by atoms with E-state index in [1.54, 1.807) is 18.3 Å². The number of hydrogen-bond acceptors (Lipinski definition) is 6. The second kappa shape index (κ2) is 10.0. The first-order chi connectivity index (χ1) is 20.5. The molecule has 10 nitrogen and oxygen atoms in total. The predicted molar refractivity (Wildman–Crippen MR) is 162 cm³/mol. The Balaban J connectivity index is 1.17. The fraction of sp³-hybridized carbons (Fsp3) is 0.469. The maximum absolute atomic E-state index is 12.7. The molecule has 0 saturated carbocycles. The number of amides is 2. The molecule has 226 valence electrons. The number of thiophene rings is 1. The maximum Gasteiger partial charge on any atom is 0.352 e. The summed E-state index contributed by atoms with van der Waals surface area (Å²) in [6.45, 7) is 11.0. The van der Waals surface area contributed by atoms with Gasteiger partial charge in [0.1, 0.15) is 63.9 Å². The number of carboxylic acid groups (broad SMARTS) is 1. The molecule has 0 aliphatic carbocycles. The minimum Gasteiger partial charge on any atom is -0.488 e. The highest BCUT2D eigenvalue weighted by Gasteiger charge is 2.60. The van der Waals surface area contributed by atoms with Crippen LogP contribution in [0.4, 0.5) is 0 Å². The molecule has 1 aromatic heterocycles. The summed E-state index contributed by atoms with van der Waals surface area (Å²) in [6.07, 6.45) is -0.844. The Hall–Kier alpha value is -3.51. The number of aliphatic hydroxyl groups is 1. The summed E-state index contributed by atoms with van der Waals surface area (Å²) in [5, 5.41) is 22.3. The summed E-state index contributed by atoms with van der Waals surface area (Å²) in [6, 6.07) is 12.1. The van der Waals surface area contributed by atoms with Crippen LogP contribution in [0.5, 0.6) is 5.75 Å². The van der Waals surface area contributed by atoms with E-state index in [0.717, 1.165) is 70.3 Å². The zero-order valence-corrected chi connectivity index (χ0v) is 25.3. The van der Waals surface area contributed by atoms with Gasteiger partial charge < -0.3 is 34.5 Å². The number of ether oxygens (including phenoxy) is 1. The number of carbonyl (C=O) groups excluding carboxylic acids is 2. The van der Waals surface area contributed by atoms with Crippen LogP contribution in [-0.4, -0.2) is 106 Å². The van der Waals surface area contributed by atoms with E-state index in [2.05, 4.69) is 24.3 Å². The average Bonchev–Trinajstić information content (AvgIpc) is 3.46. The molecule has 0 spiro atoms. The van der Waals surface area contributed by atoms with Gasteiger partial charge >= 0.3 is 5.97 Å². The lowest BCUT2D eigenvalue weighted by atomic mass is 9.78. The molecular weight excluding hydrogens is 568 g/mol. The van der Waals surface area contributed by atoms with E-state index in [0.29, 0.717) is 17.9 Å². The van der Waals surface area contributed by atoms with Gasteiger partial charge in [-0.1, -0.05) is 31.2 Å². The minimum atomic E-state index is -1.15. The highest BCUT2D eigenvalue weighted by atomic mass is 32.1. The Morgan fingerprint density at radius 2 is 1.77 bits per heavy atom. The van der Waals surface area contributed by atoms with Crippen LogP contribution in [0.1, 0.15) is 19.4 Å². The summed E-state index contributed by atoms with van der Waals surface area (Å²) in [7, 11) is 0. The van der Waals surface area contributed by atoms with Gasteiger partial charge in [0.05, 0.1) is 18.1 Å². The standard InChI is InChI=1S/C32H36N4O6S/c1-18-22(29(32(40)41)34-28(18)26(19(2)37)31(34)39)17-42-23-7-4-8-24-27(23)21-6-3-5-20(30(21)43-24)15-35-9-12-36(13-10-35,14-11-35)16-25(33)38/h3-8,18-19,26,28,37H,9-17H2,1-2H3,(H-2,33,38,40,41)/p+2/t18-,19?,26?,28?,35?,36?/m0/s1. The van der Waals surface area contributed by atoms with Crippen molar-refractivity contribution in [3.8, 4) is 5.75 Å². The van der Waals surface area contributed by atoms with Gasteiger partial charge in [-0.3, -0.25) is 9.59 Å². The fourth-order valence-corrected chi connectivity index (χ4v) is 9.44. The second-order valence-electron chi connectivity index (χ2n) is 13.1. The molecule has 11 heteroatoms. The third-order valence-corrected chi connectivity index (χ3v) is 11.9. The molecule has 6 heterocycles. The summed E-state index contributed by atoms with van der Waals surface area (Å²) < 4.78 is 10.6. The Bertz CT molecular complexity index is 1690. The van der Waals surface area contributed by atoms with Gasteiger partial charge in [0.2, 0.25) is 5.91 Å². The lowest BCUT2D eigenvalue weighted by molar-refractivity contribution is -1.08. The summed E-state index contributed by atoms with van der Waals surface area (Å²) in [4.78, 5) is 38.0. The quantitative estimate of drug-likeness (QED) is 0.253. The second-order valence-corrected chi connectivity index (χ2v) is 14.1. The third kappa shape index (κ3) is 4.35. The summed E-state index contributed by atoms with van der Waals surface area (Å²) in [5.74, 6) is -1.86. The Morgan fingerprint density at radius 1 is 1.09 bits per heavy atom. The normalized spacial score (nSPS) is 30.5. The number of nitrogens with two attached hydrogens (primary N) is 1. The van der Waals surface area contributed by atoms with E-state index in [1.165, 1.54) is 15.2 Å². The molecule has 4 N–H and O–H groups in total. The van der Waals surface area contributed by atoms with Crippen LogP contribution < -0.4 is 10.5 Å². The summed E-state index contributed by atoms with van der Waals surface area (Å²) >= 11 is 1.76. The van der Waals surface area contributed by atoms with Gasteiger partial charge in [0, 0.05) is 37.2 Å². The molecule has 8 rings (SSSR count). The molecule has 2 bridgehead atoms. The van der Waals surface area contributed by atoms with E-state index in [9.17, 15) is 24.6 Å². The number of aliphatic carboxylic acids is 1. The smallest absolute Gasteiger partial charge is 0.352 e. The van der Waals surface area contributed by atoms with E-state index >= 15 is 0 Å². The largest absolute Gasteiger partial charge is 0.488 e. The molecule has 3 unspecified atom stereocenters. The number of carboxylic acids is 1. The van der Waals surface area contributed by atoms with Crippen molar-refractivity contribution in [2.45, 2.75) is 32.5 Å². The first kappa shape index (κ1) is 28.3. The molecule has 5 aliphatic rings. The number of quaternary nitrogens is 2. The number of nitrogens with zero attached hydrogens (tertiary/aromatic N) is 3. The first-order valence-electron chi connectivity index (χ1n) is 15.0. The van der Waals surface area contributed by atoms with Gasteiger partial charge in [-0.15, -0.1) is 11.3 Å². The number of primary amides is 1. The maximum atomic E-state index is 12.7. The van der Waals surface area contributed by atoms with Crippen LogP contribution in [0, 0.1) is 11.8 Å². The van der Waals surface area contributed by atoms with Crippen molar-refractivity contribution in [2.75, 3.05) is 52.4 Å². The van der Waals surface area contributed by atoms with Gasteiger partial charge in [-0.05, 0) is 19.1 Å². The highest BCUT2D eigenvalue weighted by Crippen LogP contribution is 2.48. The van der Waals surface area contributed by atoms with Gasteiger partial charge in [-0.2, -0.15) is 0 Å². The molecule has 5 aliphatic heterocycles. The average molecular weight is 607 g/mol. The number of carbonyl (C=O) groups is 3. The highest BCUT2D eigenvalue weighted by molar-refractivity contribution is 7.26. The Labute approximate surface area is 253 Å².